The molecule has 0 spiro atoms. The van der Waals surface area contributed by atoms with E-state index in [1.165, 1.54) is 19.2 Å². The summed E-state index contributed by atoms with van der Waals surface area (Å²) in [5.74, 6) is 1.55. The molecule has 5 aromatic rings. The number of ether oxygens (including phenoxy) is 1. The van der Waals surface area contributed by atoms with Gasteiger partial charge in [-0.3, -0.25) is 10.1 Å². The Hall–Kier alpha value is -4.39. The minimum Gasteiger partial charge on any atom is -0.495 e. The Morgan fingerprint density at radius 2 is 1.83 bits per heavy atom. The van der Waals surface area contributed by atoms with Gasteiger partial charge in [-0.25, -0.2) is 18.4 Å². The molecule has 46 heavy (non-hydrogen) atoms. The van der Waals surface area contributed by atoms with Crippen LogP contribution in [0.15, 0.2) is 71.8 Å². The van der Waals surface area contributed by atoms with Crippen molar-refractivity contribution in [3.05, 3.63) is 82.5 Å². The number of hydrogen-bond acceptors (Lipinski definition) is 9. The van der Waals surface area contributed by atoms with Gasteiger partial charge in [0.15, 0.2) is 9.84 Å². The molecule has 1 aliphatic carbocycles. The first-order valence-corrected chi connectivity index (χ1v) is 16.8. The minimum atomic E-state index is -3.43. The number of benzene rings is 3. The number of carbonyl (C=O) groups excluding carboxylic acids is 1. The van der Waals surface area contributed by atoms with E-state index >= 15 is 0 Å². The van der Waals surface area contributed by atoms with Crippen LogP contribution in [0.5, 0.6) is 5.75 Å². The van der Waals surface area contributed by atoms with E-state index in [4.69, 9.17) is 32.9 Å². The normalized spacial score (nSPS) is 13.8. The van der Waals surface area contributed by atoms with Crippen molar-refractivity contribution in [2.24, 2.45) is 7.05 Å². The number of rotatable bonds is 10. The average molecular weight is 681 g/mol. The first-order valence-electron chi connectivity index (χ1n) is 14.4. The smallest absolute Gasteiger partial charge is 0.237 e. The van der Waals surface area contributed by atoms with Gasteiger partial charge in [-0.1, -0.05) is 36.2 Å². The lowest BCUT2D eigenvalue weighted by Gasteiger charge is -2.19. The SMILES string of the molecule is CCS(=O)(=O)c1ccc(OC)c(Nc2nccc(N(C)c3ccc4c(c3)nc(NC(=O)C3(c5ccc(Cl)c(Cl)c5)CC3)n4C)n2)c1. The highest BCUT2D eigenvalue weighted by Gasteiger charge is 2.51. The van der Waals surface area contributed by atoms with Crippen LogP contribution >= 0.6 is 23.2 Å². The molecule has 0 bridgehead atoms. The van der Waals surface area contributed by atoms with E-state index in [1.807, 2.05) is 47.8 Å². The van der Waals surface area contributed by atoms with Gasteiger partial charge >= 0.3 is 0 Å². The van der Waals surface area contributed by atoms with Gasteiger partial charge in [0.05, 0.1) is 49.9 Å². The quantitative estimate of drug-likeness (QED) is 0.166. The number of halogens is 2. The summed E-state index contributed by atoms with van der Waals surface area (Å²) >= 11 is 12.3. The molecule has 0 aliphatic heterocycles. The largest absolute Gasteiger partial charge is 0.495 e. The van der Waals surface area contributed by atoms with Crippen LogP contribution in [0, 0.1) is 0 Å². The van der Waals surface area contributed by atoms with Gasteiger partial charge in [-0.2, -0.15) is 4.98 Å². The number of methoxy groups -OCH3 is 1. The number of hydrogen-bond donors (Lipinski definition) is 2. The van der Waals surface area contributed by atoms with E-state index in [9.17, 15) is 13.2 Å². The van der Waals surface area contributed by atoms with Gasteiger partial charge in [0.1, 0.15) is 11.6 Å². The molecule has 3 aromatic carbocycles. The zero-order valence-electron chi connectivity index (χ0n) is 25.5. The fraction of sp³-hybridized carbons (Fsp3) is 0.250. The highest BCUT2D eigenvalue weighted by Crippen LogP contribution is 2.50. The third kappa shape index (κ3) is 5.83. The molecule has 11 nitrogen and oxygen atoms in total. The summed E-state index contributed by atoms with van der Waals surface area (Å²) < 4.78 is 32.2. The summed E-state index contributed by atoms with van der Waals surface area (Å²) in [7, 11) is 1.79. The Labute approximate surface area is 276 Å². The van der Waals surface area contributed by atoms with Crippen molar-refractivity contribution >= 4 is 79.1 Å². The number of imidazole rings is 1. The zero-order chi connectivity index (χ0) is 32.8. The van der Waals surface area contributed by atoms with Gasteiger partial charge < -0.3 is 19.5 Å². The van der Waals surface area contributed by atoms with Crippen molar-refractivity contribution in [2.75, 3.05) is 35.4 Å². The van der Waals surface area contributed by atoms with E-state index in [0.717, 1.165) is 16.8 Å². The second-order valence-corrected chi connectivity index (χ2v) is 14.1. The molecule has 0 atom stereocenters. The standard InChI is InChI=1S/C32H31Cl2N7O4S/c1-5-46(43,44)21-8-11-27(45-4)25(18-21)36-30-35-15-12-28(38-30)40(2)20-7-10-26-24(17-20)37-31(41(26)3)39-29(42)32(13-14-32)19-6-9-22(33)23(34)16-19/h6-12,15-18H,5,13-14H2,1-4H3,(H,35,36,38)(H,37,39,42). The number of nitrogens with zero attached hydrogens (tertiary/aromatic N) is 5. The van der Waals surface area contributed by atoms with Crippen LogP contribution in [0.3, 0.4) is 0 Å². The van der Waals surface area contributed by atoms with Crippen LogP contribution in [0.4, 0.5) is 29.1 Å². The number of aryl methyl sites for hydroxylation is 1. The molecule has 14 heteroatoms. The van der Waals surface area contributed by atoms with E-state index in [0.29, 0.717) is 51.6 Å². The summed E-state index contributed by atoms with van der Waals surface area (Å²) in [5.41, 5.74) is 2.92. The molecule has 2 aromatic heterocycles. The Morgan fingerprint density at radius 3 is 2.52 bits per heavy atom. The molecule has 0 radical (unpaired) electrons. The van der Waals surface area contributed by atoms with E-state index in [-0.39, 0.29) is 22.5 Å². The van der Waals surface area contributed by atoms with Gasteiger partial charge in [0, 0.05) is 26.0 Å². The van der Waals surface area contributed by atoms with Crippen molar-refractivity contribution in [3.63, 3.8) is 0 Å². The molecule has 1 saturated carbocycles. The summed E-state index contributed by atoms with van der Waals surface area (Å²) in [6, 6.07) is 17.5. The maximum atomic E-state index is 13.5. The van der Waals surface area contributed by atoms with E-state index < -0.39 is 15.3 Å². The van der Waals surface area contributed by atoms with Crippen molar-refractivity contribution in [2.45, 2.75) is 30.1 Å². The molecule has 0 unspecified atom stereocenters. The van der Waals surface area contributed by atoms with Gasteiger partial charge in [-0.05, 0) is 73.0 Å². The molecule has 6 rings (SSSR count). The Balaban J connectivity index is 1.23. The lowest BCUT2D eigenvalue weighted by Crippen LogP contribution is -2.29. The Morgan fingerprint density at radius 1 is 1.04 bits per heavy atom. The molecule has 2 heterocycles. The molecular formula is C32H31Cl2N7O4S. The topological polar surface area (TPSA) is 131 Å². The van der Waals surface area contributed by atoms with Gasteiger partial charge in [0.2, 0.25) is 17.8 Å². The van der Waals surface area contributed by atoms with Gasteiger partial charge in [-0.15, -0.1) is 0 Å². The summed E-state index contributed by atoms with van der Waals surface area (Å²) in [6.07, 6.45) is 3.03. The van der Waals surface area contributed by atoms with Crippen LogP contribution in [-0.2, 0) is 27.1 Å². The third-order valence-corrected chi connectivity index (χ3v) is 10.7. The molecule has 2 N–H and O–H groups in total. The first kappa shape index (κ1) is 31.6. The van der Waals surface area contributed by atoms with Crippen LogP contribution < -0.4 is 20.3 Å². The molecular weight excluding hydrogens is 649 g/mol. The number of aromatic nitrogens is 4. The molecule has 1 fully saturated rings. The Bertz CT molecular complexity index is 2100. The van der Waals surface area contributed by atoms with E-state index in [1.54, 1.807) is 37.4 Å². The summed E-state index contributed by atoms with van der Waals surface area (Å²) in [6.45, 7) is 1.59. The highest BCUT2D eigenvalue weighted by molar-refractivity contribution is 7.91. The lowest BCUT2D eigenvalue weighted by atomic mass is 9.95. The number of nitrogens with one attached hydrogen (secondary N) is 2. The maximum Gasteiger partial charge on any atom is 0.237 e. The molecule has 1 amide bonds. The van der Waals surface area contributed by atoms with Crippen molar-refractivity contribution in [1.29, 1.82) is 0 Å². The third-order valence-electron chi connectivity index (χ3n) is 8.27. The van der Waals surface area contributed by atoms with E-state index in [2.05, 4.69) is 20.6 Å². The minimum absolute atomic E-state index is 0.0243. The molecule has 0 saturated heterocycles. The van der Waals surface area contributed by atoms with Crippen LogP contribution in [0.1, 0.15) is 25.3 Å². The van der Waals surface area contributed by atoms with Crippen molar-refractivity contribution in [3.8, 4) is 5.75 Å². The zero-order valence-corrected chi connectivity index (χ0v) is 27.8. The Kier molecular flexibility index (Phi) is 8.30. The summed E-state index contributed by atoms with van der Waals surface area (Å²) in [5, 5.41) is 6.97. The second-order valence-electron chi connectivity index (χ2n) is 11.0. The number of amides is 1. The highest BCUT2D eigenvalue weighted by atomic mass is 35.5. The molecule has 1 aliphatic rings. The summed E-state index contributed by atoms with van der Waals surface area (Å²) in [4.78, 5) is 29.2. The predicted octanol–water partition coefficient (Wildman–Crippen LogP) is 6.65. The number of sulfone groups is 1. The first-order chi connectivity index (χ1) is 22.0. The van der Waals surface area contributed by atoms with Crippen LogP contribution in [0.2, 0.25) is 10.0 Å². The van der Waals surface area contributed by atoms with Crippen molar-refractivity contribution in [1.82, 2.24) is 19.5 Å². The maximum absolute atomic E-state index is 13.5. The monoisotopic (exact) mass is 679 g/mol. The van der Waals surface area contributed by atoms with Crippen LogP contribution in [0.25, 0.3) is 11.0 Å². The van der Waals surface area contributed by atoms with Gasteiger partial charge in [0.25, 0.3) is 0 Å². The number of carbonyl (C=O) groups is 1. The number of fused-ring (bicyclic) bond motifs is 1. The lowest BCUT2D eigenvalue weighted by molar-refractivity contribution is -0.118. The molecule has 238 valence electrons. The van der Waals surface area contributed by atoms with Crippen LogP contribution in [-0.4, -0.2) is 53.8 Å². The fourth-order valence-corrected chi connectivity index (χ4v) is 6.49. The second kappa shape index (κ2) is 12.1. The fourth-order valence-electron chi connectivity index (χ4n) is 5.29. The average Bonchev–Trinajstić information content (AvgIpc) is 3.81. The predicted molar refractivity (Wildman–Crippen MR) is 181 cm³/mol. The van der Waals surface area contributed by atoms with Crippen molar-refractivity contribution < 1.29 is 17.9 Å². The number of anilines is 5.